The van der Waals surface area contributed by atoms with E-state index in [1.165, 1.54) is 11.1 Å². The average molecular weight is 466 g/mol. The Kier molecular flexibility index (Phi) is 6.43. The predicted octanol–water partition coefficient (Wildman–Crippen LogP) is 6.11. The Labute approximate surface area is 205 Å². The van der Waals surface area contributed by atoms with Gasteiger partial charge in [0.1, 0.15) is 11.3 Å². The molecule has 0 saturated heterocycles. The number of para-hydroxylation sites is 1. The Morgan fingerprint density at radius 2 is 1.74 bits per heavy atom. The Morgan fingerprint density at radius 1 is 0.971 bits per heavy atom. The fourth-order valence-corrected chi connectivity index (χ4v) is 4.64. The molecule has 2 aromatic heterocycles. The first-order chi connectivity index (χ1) is 17.0. The summed E-state index contributed by atoms with van der Waals surface area (Å²) in [7, 11) is 0. The summed E-state index contributed by atoms with van der Waals surface area (Å²) < 4.78 is 6.09. The Balaban J connectivity index is 1.38. The lowest BCUT2D eigenvalue weighted by Gasteiger charge is -2.21. The van der Waals surface area contributed by atoms with Crippen LogP contribution in [-0.4, -0.2) is 16.9 Å². The molecule has 0 bridgehead atoms. The number of rotatable bonds is 8. The molecule has 0 spiro atoms. The van der Waals surface area contributed by atoms with E-state index in [0.717, 1.165) is 38.8 Å². The normalized spacial score (nSPS) is 13.2. The molecular weight excluding hydrogens is 434 g/mol. The third-order valence-electron chi connectivity index (χ3n) is 6.89. The van der Waals surface area contributed by atoms with Crippen molar-refractivity contribution in [3.8, 4) is 0 Å². The quantitative estimate of drug-likeness (QED) is 0.259. The molecule has 5 rings (SSSR count). The fraction of sp³-hybridized carbons (Fsp3) is 0.233. The van der Waals surface area contributed by atoms with Gasteiger partial charge in [-0.15, -0.1) is 0 Å². The number of hydrogen-bond donors (Lipinski definition) is 3. The maximum atomic E-state index is 13.5. The maximum Gasteiger partial charge on any atom is 0.237 e. The zero-order chi connectivity index (χ0) is 24.4. The number of H-pyrrole nitrogens is 1. The van der Waals surface area contributed by atoms with Gasteiger partial charge in [0.25, 0.3) is 0 Å². The van der Waals surface area contributed by atoms with Crippen molar-refractivity contribution in [3.63, 3.8) is 0 Å². The van der Waals surface area contributed by atoms with Crippen molar-refractivity contribution in [2.24, 2.45) is 0 Å². The molecule has 1 amide bonds. The molecule has 1 unspecified atom stereocenters. The van der Waals surface area contributed by atoms with E-state index >= 15 is 0 Å². The monoisotopic (exact) mass is 465 g/mol. The van der Waals surface area contributed by atoms with E-state index in [1.54, 1.807) is 0 Å². The van der Waals surface area contributed by atoms with Crippen molar-refractivity contribution < 1.29 is 9.21 Å². The minimum absolute atomic E-state index is 0.0326. The molecule has 35 heavy (non-hydrogen) atoms. The summed E-state index contributed by atoms with van der Waals surface area (Å²) in [6, 6.07) is 23.9. The zero-order valence-corrected chi connectivity index (χ0v) is 20.4. The first-order valence-electron chi connectivity index (χ1n) is 12.1. The first kappa shape index (κ1) is 22.9. The summed E-state index contributed by atoms with van der Waals surface area (Å²) in [5.74, 6) is 0.788. The highest BCUT2D eigenvalue weighted by molar-refractivity contribution is 5.86. The number of aromatic nitrogens is 1. The van der Waals surface area contributed by atoms with Crippen LogP contribution in [0.1, 0.15) is 41.0 Å². The number of amides is 1. The van der Waals surface area contributed by atoms with Crippen molar-refractivity contribution >= 4 is 27.8 Å². The number of aromatic amines is 1. The van der Waals surface area contributed by atoms with Crippen molar-refractivity contribution in [2.75, 3.05) is 0 Å². The number of nitrogens with one attached hydrogen (secondary N) is 3. The molecule has 0 aliphatic carbocycles. The Bertz CT molecular complexity index is 1470. The summed E-state index contributed by atoms with van der Waals surface area (Å²) in [6.45, 7) is 6.70. The van der Waals surface area contributed by atoms with Gasteiger partial charge in [-0.2, -0.15) is 0 Å². The van der Waals surface area contributed by atoms with Gasteiger partial charge < -0.3 is 14.7 Å². The predicted molar refractivity (Wildman–Crippen MR) is 141 cm³/mol. The first-order valence-corrected chi connectivity index (χ1v) is 12.1. The topological polar surface area (TPSA) is 70.1 Å². The molecule has 0 saturated carbocycles. The smallest absolute Gasteiger partial charge is 0.237 e. The third-order valence-corrected chi connectivity index (χ3v) is 6.89. The van der Waals surface area contributed by atoms with Crippen LogP contribution >= 0.6 is 0 Å². The van der Waals surface area contributed by atoms with Gasteiger partial charge >= 0.3 is 0 Å². The number of benzene rings is 3. The van der Waals surface area contributed by atoms with Crippen LogP contribution in [0.2, 0.25) is 0 Å². The maximum absolute atomic E-state index is 13.5. The van der Waals surface area contributed by atoms with E-state index in [-0.39, 0.29) is 11.9 Å². The fourth-order valence-electron chi connectivity index (χ4n) is 4.64. The van der Waals surface area contributed by atoms with Gasteiger partial charge in [-0.25, -0.2) is 0 Å². The van der Waals surface area contributed by atoms with E-state index < -0.39 is 6.04 Å². The molecule has 5 aromatic rings. The second-order valence-electron chi connectivity index (χ2n) is 9.27. The molecule has 5 nitrogen and oxygen atoms in total. The zero-order valence-electron chi connectivity index (χ0n) is 20.4. The standard InChI is InChI=1S/C30H31N3O2/c1-19-13-14-29-26(20(19)2)16-24(35-29)18-32-28(15-23-17-31-27-12-8-7-11-25(23)27)30(34)33-21(3)22-9-5-4-6-10-22/h4-14,16-17,21,28,31-32H,15,18H2,1-3H3,(H,33,34)/t21-,28?/m0/s1. The number of carbonyl (C=O) groups excluding carboxylic acids is 1. The highest BCUT2D eigenvalue weighted by Gasteiger charge is 2.23. The van der Waals surface area contributed by atoms with E-state index in [9.17, 15) is 4.79 Å². The minimum Gasteiger partial charge on any atom is -0.460 e. The van der Waals surface area contributed by atoms with E-state index in [2.05, 4.69) is 53.7 Å². The van der Waals surface area contributed by atoms with Gasteiger partial charge in [-0.05, 0) is 67.6 Å². The molecule has 178 valence electrons. The van der Waals surface area contributed by atoms with Crippen LogP contribution in [0.25, 0.3) is 21.9 Å². The Hall–Kier alpha value is -3.83. The average Bonchev–Trinajstić information content (AvgIpc) is 3.49. The summed E-state index contributed by atoms with van der Waals surface area (Å²) in [6.07, 6.45) is 2.57. The van der Waals surface area contributed by atoms with Crippen LogP contribution in [0.15, 0.2) is 83.4 Å². The highest BCUT2D eigenvalue weighted by Crippen LogP contribution is 2.25. The van der Waals surface area contributed by atoms with Crippen molar-refractivity contribution in [1.82, 2.24) is 15.6 Å². The van der Waals surface area contributed by atoms with Crippen LogP contribution < -0.4 is 10.6 Å². The van der Waals surface area contributed by atoms with Crippen molar-refractivity contribution in [3.05, 3.63) is 107 Å². The molecular formula is C30H31N3O2. The van der Waals surface area contributed by atoms with Crippen LogP contribution in [-0.2, 0) is 17.8 Å². The molecule has 5 heteroatoms. The number of carbonyl (C=O) groups is 1. The summed E-state index contributed by atoms with van der Waals surface area (Å²) in [5, 5.41) is 8.92. The van der Waals surface area contributed by atoms with Gasteiger partial charge in [-0.1, -0.05) is 54.6 Å². The third kappa shape index (κ3) is 4.86. The van der Waals surface area contributed by atoms with E-state index in [0.29, 0.717) is 13.0 Å². The van der Waals surface area contributed by atoms with Gasteiger partial charge in [0.05, 0.1) is 18.6 Å². The molecule has 2 atom stereocenters. The summed E-state index contributed by atoms with van der Waals surface area (Å²) in [4.78, 5) is 16.8. The second kappa shape index (κ2) is 9.80. The lowest BCUT2D eigenvalue weighted by Crippen LogP contribution is -2.46. The van der Waals surface area contributed by atoms with Crippen molar-refractivity contribution in [1.29, 1.82) is 0 Å². The minimum atomic E-state index is -0.420. The van der Waals surface area contributed by atoms with Gasteiger partial charge in [0.15, 0.2) is 0 Å². The number of fused-ring (bicyclic) bond motifs is 2. The van der Waals surface area contributed by atoms with Gasteiger partial charge in [-0.3, -0.25) is 10.1 Å². The van der Waals surface area contributed by atoms with E-state index in [4.69, 9.17) is 4.42 Å². The van der Waals surface area contributed by atoms with Crippen LogP contribution in [0.4, 0.5) is 0 Å². The van der Waals surface area contributed by atoms with Crippen LogP contribution in [0.3, 0.4) is 0 Å². The van der Waals surface area contributed by atoms with E-state index in [1.807, 2.05) is 61.7 Å². The van der Waals surface area contributed by atoms with Gasteiger partial charge in [0, 0.05) is 22.5 Å². The lowest BCUT2D eigenvalue weighted by atomic mass is 10.0. The molecule has 0 radical (unpaired) electrons. The van der Waals surface area contributed by atoms with Gasteiger partial charge in [0.2, 0.25) is 5.91 Å². The Morgan fingerprint density at radius 3 is 2.57 bits per heavy atom. The van der Waals surface area contributed by atoms with Crippen LogP contribution in [0, 0.1) is 13.8 Å². The van der Waals surface area contributed by atoms with Crippen molar-refractivity contribution in [2.45, 2.75) is 45.8 Å². The molecule has 0 fully saturated rings. The lowest BCUT2D eigenvalue weighted by molar-refractivity contribution is -0.123. The molecule has 3 aromatic carbocycles. The SMILES string of the molecule is Cc1ccc2oc(CNC(Cc3c[nH]c4ccccc34)C(=O)N[C@@H](C)c3ccccc3)cc2c1C. The second-order valence-corrected chi connectivity index (χ2v) is 9.27. The summed E-state index contributed by atoms with van der Waals surface area (Å²) in [5.41, 5.74) is 6.60. The highest BCUT2D eigenvalue weighted by atomic mass is 16.3. The number of aryl methyl sites for hydroxylation is 2. The summed E-state index contributed by atoms with van der Waals surface area (Å²) >= 11 is 0. The molecule has 0 aliphatic rings. The van der Waals surface area contributed by atoms with Crippen LogP contribution in [0.5, 0.6) is 0 Å². The molecule has 3 N–H and O–H groups in total. The number of hydrogen-bond acceptors (Lipinski definition) is 3. The molecule has 0 aliphatic heterocycles. The largest absolute Gasteiger partial charge is 0.460 e. The molecule has 2 heterocycles. The number of furan rings is 1.